The average molecular weight is 502 g/mol. The zero-order valence-electron chi connectivity index (χ0n) is 17.3. The summed E-state index contributed by atoms with van der Waals surface area (Å²) in [5, 5.41) is 3.04. The highest BCUT2D eigenvalue weighted by Gasteiger charge is 2.26. The molecule has 1 atom stereocenters. The third-order valence-corrected chi connectivity index (χ3v) is 8.57. The molecular weight excluding hydrogens is 478 g/mol. The van der Waals surface area contributed by atoms with Crippen molar-refractivity contribution >= 4 is 37.6 Å². The smallest absolute Gasteiger partial charge is 0.243 e. The minimum Gasteiger partial charge on any atom is -0.379 e. The molecule has 32 heavy (non-hydrogen) atoms. The molecule has 2 aromatic carbocycles. The molecule has 0 spiro atoms. The Kier molecular flexibility index (Phi) is 7.91. The maximum atomic E-state index is 12.7. The van der Waals surface area contributed by atoms with Crippen molar-refractivity contribution in [2.75, 3.05) is 26.3 Å². The molecular formula is C20H24ClN3O6S2. The number of morpholine rings is 1. The van der Waals surface area contributed by atoms with Crippen molar-refractivity contribution in [1.29, 1.82) is 0 Å². The summed E-state index contributed by atoms with van der Waals surface area (Å²) in [6, 6.07) is 10.8. The summed E-state index contributed by atoms with van der Waals surface area (Å²) < 4.78 is 59.0. The first-order valence-corrected chi connectivity index (χ1v) is 13.1. The lowest BCUT2D eigenvalue weighted by Gasteiger charge is -2.26. The number of ether oxygens (including phenoxy) is 1. The Morgan fingerprint density at radius 3 is 2.16 bits per heavy atom. The lowest BCUT2D eigenvalue weighted by atomic mass is 10.2. The molecule has 1 aliphatic rings. The van der Waals surface area contributed by atoms with Gasteiger partial charge in [-0.1, -0.05) is 23.7 Å². The zero-order chi connectivity index (χ0) is 23.4. The standard InChI is InChI=1S/C20H24ClN3O6S2/c1-15(23-31(26,27)18-8-4-17(21)5-9-18)20(25)22-14-16-2-6-19(7-3-16)32(28,29)24-10-12-30-13-11-24/h2-9,15,23H,10-14H2,1H3,(H,22,25)/t15-/m1/s1. The minimum atomic E-state index is -3.89. The van der Waals surface area contributed by atoms with Crippen LogP contribution >= 0.6 is 11.6 Å². The summed E-state index contributed by atoms with van der Waals surface area (Å²) in [6.45, 7) is 2.89. The highest BCUT2D eigenvalue weighted by atomic mass is 35.5. The lowest BCUT2D eigenvalue weighted by Crippen LogP contribution is -2.44. The summed E-state index contributed by atoms with van der Waals surface area (Å²) in [7, 11) is -7.48. The van der Waals surface area contributed by atoms with Crippen molar-refractivity contribution in [3.63, 3.8) is 0 Å². The zero-order valence-corrected chi connectivity index (χ0v) is 19.7. The van der Waals surface area contributed by atoms with Crippen LogP contribution in [0.2, 0.25) is 5.02 Å². The molecule has 0 aromatic heterocycles. The first-order chi connectivity index (χ1) is 15.1. The predicted octanol–water partition coefficient (Wildman–Crippen LogP) is 1.34. The highest BCUT2D eigenvalue weighted by molar-refractivity contribution is 7.89. The van der Waals surface area contributed by atoms with Crippen molar-refractivity contribution < 1.29 is 26.4 Å². The van der Waals surface area contributed by atoms with E-state index in [1.54, 1.807) is 12.1 Å². The van der Waals surface area contributed by atoms with Gasteiger partial charge in [0, 0.05) is 24.7 Å². The Morgan fingerprint density at radius 1 is 1.00 bits per heavy atom. The number of halogens is 1. The molecule has 2 aromatic rings. The molecule has 1 heterocycles. The fourth-order valence-electron chi connectivity index (χ4n) is 3.03. The van der Waals surface area contributed by atoms with Crippen molar-refractivity contribution in [2.24, 2.45) is 0 Å². The van der Waals surface area contributed by atoms with Crippen LogP contribution in [0.4, 0.5) is 0 Å². The van der Waals surface area contributed by atoms with Crippen LogP contribution in [0.5, 0.6) is 0 Å². The van der Waals surface area contributed by atoms with Crippen LogP contribution in [0.3, 0.4) is 0 Å². The van der Waals surface area contributed by atoms with Crippen LogP contribution in [0.25, 0.3) is 0 Å². The molecule has 0 radical (unpaired) electrons. The number of nitrogens with one attached hydrogen (secondary N) is 2. The van der Waals surface area contributed by atoms with Crippen LogP contribution in [0.1, 0.15) is 12.5 Å². The van der Waals surface area contributed by atoms with Gasteiger partial charge < -0.3 is 10.1 Å². The number of hydrogen-bond acceptors (Lipinski definition) is 6. The van der Waals surface area contributed by atoms with E-state index in [-0.39, 0.29) is 16.3 Å². The normalized spacial score (nSPS) is 16.4. The Balaban J connectivity index is 1.56. The SMILES string of the molecule is C[C@@H](NS(=O)(=O)c1ccc(Cl)cc1)C(=O)NCc1ccc(S(=O)(=O)N2CCOCC2)cc1. The van der Waals surface area contributed by atoms with Crippen molar-refractivity contribution in [2.45, 2.75) is 29.3 Å². The van der Waals surface area contributed by atoms with E-state index in [0.717, 1.165) is 0 Å². The van der Waals surface area contributed by atoms with Crippen molar-refractivity contribution in [3.8, 4) is 0 Å². The second kappa shape index (κ2) is 10.3. The highest BCUT2D eigenvalue weighted by Crippen LogP contribution is 2.18. The Bertz CT molecular complexity index is 1150. The molecule has 2 N–H and O–H groups in total. The third kappa shape index (κ3) is 6.06. The summed E-state index contributed by atoms with van der Waals surface area (Å²) >= 11 is 5.77. The van der Waals surface area contributed by atoms with E-state index in [0.29, 0.717) is 36.9 Å². The van der Waals surface area contributed by atoms with Crippen molar-refractivity contribution in [1.82, 2.24) is 14.3 Å². The van der Waals surface area contributed by atoms with E-state index in [2.05, 4.69) is 10.0 Å². The summed E-state index contributed by atoms with van der Waals surface area (Å²) in [5.41, 5.74) is 0.673. The van der Waals surface area contributed by atoms with Gasteiger partial charge in [0.2, 0.25) is 26.0 Å². The van der Waals surface area contributed by atoms with Gasteiger partial charge in [0.15, 0.2) is 0 Å². The van der Waals surface area contributed by atoms with Crippen LogP contribution in [-0.4, -0.2) is 59.4 Å². The van der Waals surface area contributed by atoms with Crippen LogP contribution < -0.4 is 10.0 Å². The van der Waals surface area contributed by atoms with Crippen molar-refractivity contribution in [3.05, 3.63) is 59.1 Å². The maximum Gasteiger partial charge on any atom is 0.243 e. The predicted molar refractivity (Wildman–Crippen MR) is 119 cm³/mol. The Hall–Kier alpha value is -2.02. The quantitative estimate of drug-likeness (QED) is 0.563. The van der Waals surface area contributed by atoms with Gasteiger partial charge in [0.25, 0.3) is 0 Å². The first-order valence-electron chi connectivity index (χ1n) is 9.82. The maximum absolute atomic E-state index is 12.7. The lowest BCUT2D eigenvalue weighted by molar-refractivity contribution is -0.122. The largest absolute Gasteiger partial charge is 0.379 e. The second-order valence-electron chi connectivity index (χ2n) is 7.18. The van der Waals surface area contributed by atoms with E-state index in [1.165, 1.54) is 47.6 Å². The number of rotatable bonds is 8. The van der Waals surface area contributed by atoms with Gasteiger partial charge in [-0.15, -0.1) is 0 Å². The number of sulfonamides is 2. The van der Waals surface area contributed by atoms with Crippen LogP contribution in [0.15, 0.2) is 58.3 Å². The molecule has 174 valence electrons. The van der Waals surface area contributed by atoms with Gasteiger partial charge >= 0.3 is 0 Å². The molecule has 12 heteroatoms. The average Bonchev–Trinajstić information content (AvgIpc) is 2.78. The molecule has 3 rings (SSSR count). The third-order valence-electron chi connectivity index (χ3n) is 4.85. The van der Waals surface area contributed by atoms with E-state index < -0.39 is 32.0 Å². The number of carbonyl (C=O) groups is 1. The number of carbonyl (C=O) groups excluding carboxylic acids is 1. The summed E-state index contributed by atoms with van der Waals surface area (Å²) in [4.78, 5) is 12.5. The second-order valence-corrected chi connectivity index (χ2v) is 11.3. The van der Waals surface area contributed by atoms with Gasteiger partial charge in [0.05, 0.1) is 29.0 Å². The monoisotopic (exact) mass is 501 g/mol. The van der Waals surface area contributed by atoms with Gasteiger partial charge in [-0.05, 0) is 48.9 Å². The van der Waals surface area contributed by atoms with Gasteiger partial charge in [-0.3, -0.25) is 4.79 Å². The topological polar surface area (TPSA) is 122 Å². The van der Waals surface area contributed by atoms with E-state index >= 15 is 0 Å². The van der Waals surface area contributed by atoms with E-state index in [4.69, 9.17) is 16.3 Å². The fourth-order valence-corrected chi connectivity index (χ4v) is 5.76. The molecule has 1 amide bonds. The fraction of sp³-hybridized carbons (Fsp3) is 0.350. The molecule has 9 nitrogen and oxygen atoms in total. The van der Waals surface area contributed by atoms with Crippen LogP contribution in [0, 0.1) is 0 Å². The van der Waals surface area contributed by atoms with E-state index in [1.807, 2.05) is 0 Å². The first kappa shape index (κ1) is 24.6. The Morgan fingerprint density at radius 2 is 1.56 bits per heavy atom. The number of benzene rings is 2. The summed E-state index contributed by atoms with van der Waals surface area (Å²) in [6.07, 6.45) is 0. The number of amides is 1. The van der Waals surface area contributed by atoms with Crippen LogP contribution in [-0.2, 0) is 36.1 Å². The molecule has 0 aliphatic carbocycles. The molecule has 1 saturated heterocycles. The van der Waals surface area contributed by atoms with Gasteiger partial charge in [0.1, 0.15) is 0 Å². The molecule has 0 bridgehead atoms. The molecule has 0 unspecified atom stereocenters. The number of hydrogen-bond donors (Lipinski definition) is 2. The number of nitrogens with zero attached hydrogens (tertiary/aromatic N) is 1. The van der Waals surface area contributed by atoms with Gasteiger partial charge in [-0.25, -0.2) is 16.8 Å². The molecule has 1 fully saturated rings. The molecule has 0 saturated carbocycles. The molecule has 1 aliphatic heterocycles. The van der Waals surface area contributed by atoms with Gasteiger partial charge in [-0.2, -0.15) is 9.03 Å². The Labute approximate surface area is 192 Å². The van der Waals surface area contributed by atoms with E-state index in [9.17, 15) is 21.6 Å². The minimum absolute atomic E-state index is 0.00128. The summed E-state index contributed by atoms with van der Waals surface area (Å²) in [5.74, 6) is -0.521.